The van der Waals surface area contributed by atoms with E-state index < -0.39 is 5.97 Å². The summed E-state index contributed by atoms with van der Waals surface area (Å²) in [5.74, 6) is 5.39. The number of carbonyl (C=O) groups is 1. The fourth-order valence-electron chi connectivity index (χ4n) is 1.44. The quantitative estimate of drug-likeness (QED) is 0.579. The summed E-state index contributed by atoms with van der Waals surface area (Å²) in [6.07, 6.45) is 0. The number of carbonyl (C=O) groups excluding carboxylic acids is 1. The lowest BCUT2D eigenvalue weighted by molar-refractivity contribution is -0.136. The van der Waals surface area contributed by atoms with Crippen LogP contribution in [0.2, 0.25) is 0 Å². The van der Waals surface area contributed by atoms with Gasteiger partial charge in [0.1, 0.15) is 5.75 Å². The van der Waals surface area contributed by atoms with Crippen LogP contribution in [0.25, 0.3) is 0 Å². The highest BCUT2D eigenvalue weighted by Crippen LogP contribution is 2.25. The lowest BCUT2D eigenvalue weighted by atomic mass is 10.0. The van der Waals surface area contributed by atoms with Crippen molar-refractivity contribution in [3.8, 4) is 17.6 Å². The maximum atomic E-state index is 11.1. The van der Waals surface area contributed by atoms with Crippen molar-refractivity contribution >= 4 is 5.97 Å². The first-order valence-electron chi connectivity index (χ1n) is 5.43. The number of methoxy groups -OCH3 is 1. The molecule has 0 unspecified atom stereocenters. The minimum absolute atomic E-state index is 0.331. The summed E-state index contributed by atoms with van der Waals surface area (Å²) in [6, 6.07) is 3.79. The Morgan fingerprint density at radius 2 is 2.06 bits per heavy atom. The van der Waals surface area contributed by atoms with Crippen LogP contribution in [-0.4, -0.2) is 19.7 Å². The van der Waals surface area contributed by atoms with E-state index in [0.29, 0.717) is 17.9 Å². The van der Waals surface area contributed by atoms with E-state index >= 15 is 0 Å². The van der Waals surface area contributed by atoms with Gasteiger partial charge in [0.2, 0.25) is 0 Å². The third-order valence-corrected chi connectivity index (χ3v) is 2.46. The summed E-state index contributed by atoms with van der Waals surface area (Å²) in [5, 5.41) is 0. The van der Waals surface area contributed by atoms with Crippen LogP contribution in [0.4, 0.5) is 0 Å². The van der Waals surface area contributed by atoms with E-state index in [9.17, 15) is 4.79 Å². The highest BCUT2D eigenvalue weighted by Gasteiger charge is 2.06. The van der Waals surface area contributed by atoms with E-state index in [1.54, 1.807) is 14.0 Å². The molecule has 0 aliphatic heterocycles. The lowest BCUT2D eigenvalue weighted by Crippen LogP contribution is -2.00. The Bertz CT molecular complexity index is 478. The summed E-state index contributed by atoms with van der Waals surface area (Å²) >= 11 is 0. The van der Waals surface area contributed by atoms with Gasteiger partial charge >= 0.3 is 5.97 Å². The number of hydrogen-bond acceptors (Lipinski definition) is 3. The molecular formula is C14H16O3. The molecule has 0 amide bonds. The molecule has 0 bridgehead atoms. The monoisotopic (exact) mass is 232 g/mol. The van der Waals surface area contributed by atoms with Crippen molar-refractivity contribution in [1.29, 1.82) is 0 Å². The fourth-order valence-corrected chi connectivity index (χ4v) is 1.44. The first-order chi connectivity index (χ1) is 8.10. The van der Waals surface area contributed by atoms with Gasteiger partial charge in [-0.2, -0.15) is 0 Å². The second kappa shape index (κ2) is 5.95. The zero-order valence-electron chi connectivity index (χ0n) is 10.6. The molecule has 0 atom stereocenters. The minimum atomic E-state index is -0.521. The molecule has 3 heteroatoms. The number of aryl methyl sites for hydroxylation is 1. The fraction of sp³-hybridized carbons (Fsp3) is 0.357. The van der Waals surface area contributed by atoms with Crippen LogP contribution < -0.4 is 4.74 Å². The second-order valence-corrected chi connectivity index (χ2v) is 3.56. The third kappa shape index (κ3) is 3.25. The number of ether oxygens (including phenoxy) is 2. The average molecular weight is 232 g/mol. The summed E-state index contributed by atoms with van der Waals surface area (Å²) in [4.78, 5) is 11.1. The van der Waals surface area contributed by atoms with Crippen LogP contribution in [0, 0.1) is 25.7 Å². The van der Waals surface area contributed by atoms with Gasteiger partial charge in [0.15, 0.2) is 0 Å². The predicted octanol–water partition coefficient (Wildman–Crippen LogP) is 2.23. The van der Waals surface area contributed by atoms with Crippen LogP contribution in [0.5, 0.6) is 5.75 Å². The molecule has 0 saturated heterocycles. The molecule has 17 heavy (non-hydrogen) atoms. The largest absolute Gasteiger partial charge is 0.495 e. The Morgan fingerprint density at radius 1 is 1.35 bits per heavy atom. The van der Waals surface area contributed by atoms with Crippen molar-refractivity contribution in [3.05, 3.63) is 28.8 Å². The van der Waals surface area contributed by atoms with Gasteiger partial charge in [0.05, 0.1) is 19.3 Å². The first-order valence-corrected chi connectivity index (χ1v) is 5.43. The van der Waals surface area contributed by atoms with Gasteiger partial charge < -0.3 is 9.47 Å². The van der Waals surface area contributed by atoms with E-state index in [4.69, 9.17) is 9.47 Å². The summed E-state index contributed by atoms with van der Waals surface area (Å²) in [7, 11) is 1.59. The molecule has 1 rings (SSSR count). The molecule has 0 spiro atoms. The van der Waals surface area contributed by atoms with Gasteiger partial charge in [0.25, 0.3) is 0 Å². The highest BCUT2D eigenvalue weighted by atomic mass is 16.5. The molecule has 3 nitrogen and oxygen atoms in total. The SMILES string of the molecule is CCOC(=O)C#Cc1ccc(C)c(C)c1OC. The van der Waals surface area contributed by atoms with E-state index in [1.165, 1.54) is 0 Å². The first kappa shape index (κ1) is 13.1. The Hall–Kier alpha value is -1.95. The molecule has 0 radical (unpaired) electrons. The summed E-state index contributed by atoms with van der Waals surface area (Å²) < 4.78 is 10.0. The van der Waals surface area contributed by atoms with Crippen molar-refractivity contribution < 1.29 is 14.3 Å². The topological polar surface area (TPSA) is 35.5 Å². The number of hydrogen-bond donors (Lipinski definition) is 0. The molecule has 0 aliphatic rings. The number of esters is 1. The van der Waals surface area contributed by atoms with Crippen LogP contribution in [-0.2, 0) is 9.53 Å². The van der Waals surface area contributed by atoms with Crippen LogP contribution in [0.3, 0.4) is 0 Å². The molecule has 0 saturated carbocycles. The molecule has 0 aliphatic carbocycles. The second-order valence-electron chi connectivity index (χ2n) is 3.56. The van der Waals surface area contributed by atoms with Gasteiger partial charge in [-0.25, -0.2) is 4.79 Å². The molecule has 1 aromatic rings. The van der Waals surface area contributed by atoms with Crippen molar-refractivity contribution in [2.24, 2.45) is 0 Å². The molecule has 0 N–H and O–H groups in total. The highest BCUT2D eigenvalue weighted by molar-refractivity contribution is 5.89. The van der Waals surface area contributed by atoms with E-state index in [2.05, 4.69) is 11.8 Å². The zero-order valence-corrected chi connectivity index (χ0v) is 10.6. The van der Waals surface area contributed by atoms with Crippen LogP contribution in [0.1, 0.15) is 23.6 Å². The molecule has 0 heterocycles. The Balaban J connectivity index is 3.07. The Kier molecular flexibility index (Phi) is 4.59. The number of rotatable bonds is 2. The zero-order chi connectivity index (χ0) is 12.8. The van der Waals surface area contributed by atoms with E-state index in [0.717, 1.165) is 11.1 Å². The third-order valence-electron chi connectivity index (χ3n) is 2.46. The van der Waals surface area contributed by atoms with Crippen LogP contribution >= 0.6 is 0 Å². The van der Waals surface area contributed by atoms with Gasteiger partial charge in [-0.15, -0.1) is 0 Å². The van der Waals surface area contributed by atoms with Crippen molar-refractivity contribution in [1.82, 2.24) is 0 Å². The smallest absolute Gasteiger partial charge is 0.384 e. The van der Waals surface area contributed by atoms with Gasteiger partial charge in [-0.05, 0) is 38.0 Å². The van der Waals surface area contributed by atoms with E-state index in [-0.39, 0.29) is 0 Å². The molecule has 0 aromatic heterocycles. The standard InChI is InChI=1S/C14H16O3/c1-5-17-13(15)9-8-12-7-6-10(2)11(3)14(12)16-4/h6-7H,5H2,1-4H3. The number of benzene rings is 1. The Labute approximate surface area is 102 Å². The minimum Gasteiger partial charge on any atom is -0.495 e. The Morgan fingerprint density at radius 3 is 2.65 bits per heavy atom. The molecule has 90 valence electrons. The normalized spacial score (nSPS) is 9.18. The van der Waals surface area contributed by atoms with Crippen molar-refractivity contribution in [3.63, 3.8) is 0 Å². The summed E-state index contributed by atoms with van der Waals surface area (Å²) in [6.45, 7) is 6.04. The predicted molar refractivity (Wildman–Crippen MR) is 66.0 cm³/mol. The van der Waals surface area contributed by atoms with Gasteiger partial charge in [0, 0.05) is 5.92 Å². The maximum absolute atomic E-state index is 11.1. The van der Waals surface area contributed by atoms with Gasteiger partial charge in [-0.3, -0.25) is 0 Å². The maximum Gasteiger partial charge on any atom is 0.384 e. The molecular weight excluding hydrogens is 216 g/mol. The summed E-state index contributed by atoms with van der Waals surface area (Å²) in [5.41, 5.74) is 2.86. The van der Waals surface area contributed by atoms with E-state index in [1.807, 2.05) is 26.0 Å². The van der Waals surface area contributed by atoms with Crippen molar-refractivity contribution in [2.75, 3.05) is 13.7 Å². The lowest BCUT2D eigenvalue weighted by Gasteiger charge is -2.09. The average Bonchev–Trinajstić information content (AvgIpc) is 2.31. The van der Waals surface area contributed by atoms with Crippen LogP contribution in [0.15, 0.2) is 12.1 Å². The molecule has 1 aromatic carbocycles. The molecule has 0 fully saturated rings. The van der Waals surface area contributed by atoms with Crippen molar-refractivity contribution in [2.45, 2.75) is 20.8 Å². The van der Waals surface area contributed by atoms with Gasteiger partial charge in [-0.1, -0.05) is 12.0 Å².